The number of anilines is 8. The van der Waals surface area contributed by atoms with Crippen molar-refractivity contribution in [3.63, 3.8) is 0 Å². The molecule has 1 unspecified atom stereocenters. The number of pyridine rings is 4. The topological polar surface area (TPSA) is 250 Å². The zero-order valence-corrected chi connectivity index (χ0v) is 50.0. The Bertz CT molecular complexity index is 2750. The maximum Gasteiger partial charge on any atom is 0.226 e. The number of piperidine rings is 2. The zero-order chi connectivity index (χ0) is 57.3. The van der Waals surface area contributed by atoms with Gasteiger partial charge in [0.05, 0.1) is 85.6 Å². The number of halogens is 2. The van der Waals surface area contributed by atoms with Crippen LogP contribution >= 0.6 is 23.2 Å². The van der Waals surface area contributed by atoms with Crippen molar-refractivity contribution in [2.24, 2.45) is 17.8 Å². The van der Waals surface area contributed by atoms with E-state index in [-0.39, 0.29) is 17.1 Å². The largest absolute Gasteiger partial charge is 0.396 e. The fourth-order valence-corrected chi connectivity index (χ4v) is 14.2. The lowest BCUT2D eigenvalue weighted by Gasteiger charge is -2.38. The van der Waals surface area contributed by atoms with Crippen LogP contribution in [-0.4, -0.2) is 190 Å². The summed E-state index contributed by atoms with van der Waals surface area (Å²) in [7, 11) is 1.29. The molecule has 7 aliphatic heterocycles. The monoisotopic (exact) mass is 1160 g/mol. The van der Waals surface area contributed by atoms with Gasteiger partial charge in [0.25, 0.3) is 0 Å². The number of hydrogen-bond acceptors (Lipinski definition) is 18. The van der Waals surface area contributed by atoms with Gasteiger partial charge in [0.1, 0.15) is 0 Å². The van der Waals surface area contributed by atoms with Gasteiger partial charge in [-0.05, 0) is 109 Å². The van der Waals surface area contributed by atoms with Crippen LogP contribution in [0.4, 0.5) is 45.5 Å². The van der Waals surface area contributed by atoms with E-state index < -0.39 is 9.84 Å². The number of carbonyl (C=O) groups is 2. The fourth-order valence-electron chi connectivity index (χ4n) is 12.6. The normalized spacial score (nSPS) is 22.4. The van der Waals surface area contributed by atoms with Gasteiger partial charge in [-0.25, -0.2) is 8.42 Å². The molecule has 1 saturated carbocycles. The molecule has 2 amide bonds. The highest BCUT2D eigenvalue weighted by atomic mass is 35.5. The molecule has 0 aromatic carbocycles. The summed E-state index contributed by atoms with van der Waals surface area (Å²) in [5.74, 6) is 1.83. The number of sulfone groups is 1. The van der Waals surface area contributed by atoms with Crippen LogP contribution < -0.4 is 42.5 Å². The van der Waals surface area contributed by atoms with Crippen LogP contribution in [0.15, 0.2) is 49.6 Å². The second-order valence-electron chi connectivity index (χ2n) is 23.0. The number of nitrogens with zero attached hydrogens (tertiary/aromatic N) is 12. The molecule has 4 aromatic rings. The highest BCUT2D eigenvalue weighted by molar-refractivity contribution is 7.91. The van der Waals surface area contributed by atoms with Crippen molar-refractivity contribution in [2.45, 2.75) is 89.3 Å². The van der Waals surface area contributed by atoms with Gasteiger partial charge in [0.2, 0.25) is 11.8 Å². The lowest BCUT2D eigenvalue weighted by atomic mass is 9.86. The van der Waals surface area contributed by atoms with Gasteiger partial charge in [-0.3, -0.25) is 29.5 Å². The molecule has 7 saturated heterocycles. The zero-order valence-electron chi connectivity index (χ0n) is 47.7. The van der Waals surface area contributed by atoms with Gasteiger partial charge in [-0.15, -0.1) is 0 Å². The van der Waals surface area contributed by atoms with E-state index in [0.717, 1.165) is 157 Å². The number of aryl methyl sites for hydroxylation is 2. The Hall–Kier alpha value is -5.61. The smallest absolute Gasteiger partial charge is 0.226 e. The van der Waals surface area contributed by atoms with Crippen LogP contribution in [0.5, 0.6) is 0 Å². The summed E-state index contributed by atoms with van der Waals surface area (Å²) in [6, 6.07) is 0.495. The predicted octanol–water partition coefficient (Wildman–Crippen LogP) is 5.95. The van der Waals surface area contributed by atoms with E-state index in [1.54, 1.807) is 43.4 Å². The Balaban J connectivity index is 0.000000143. The summed E-state index contributed by atoms with van der Waals surface area (Å²) in [5.41, 5.74) is 32.5. The predicted molar refractivity (Wildman–Crippen MR) is 325 cm³/mol. The van der Waals surface area contributed by atoms with Crippen molar-refractivity contribution in [1.82, 2.24) is 39.5 Å². The summed E-state index contributed by atoms with van der Waals surface area (Å²) in [4.78, 5) is 59.5. The van der Waals surface area contributed by atoms with E-state index in [1.165, 1.54) is 43.9 Å². The summed E-state index contributed by atoms with van der Waals surface area (Å²) in [6.45, 7) is 17.4. The van der Waals surface area contributed by atoms with Crippen molar-refractivity contribution < 1.29 is 18.0 Å². The Labute approximate surface area is 484 Å². The van der Waals surface area contributed by atoms with Gasteiger partial charge in [-0.2, -0.15) is 0 Å². The van der Waals surface area contributed by atoms with E-state index in [1.807, 2.05) is 22.9 Å². The van der Waals surface area contributed by atoms with Crippen LogP contribution in [0, 0.1) is 31.6 Å². The molecule has 0 spiro atoms. The van der Waals surface area contributed by atoms with Crippen LogP contribution in [0.2, 0.25) is 10.0 Å². The maximum atomic E-state index is 13.1. The van der Waals surface area contributed by atoms with E-state index in [9.17, 15) is 18.0 Å². The number of piperazine rings is 2. The summed E-state index contributed by atoms with van der Waals surface area (Å²) < 4.78 is 23.0. The minimum absolute atomic E-state index is 0.122. The van der Waals surface area contributed by atoms with Gasteiger partial charge in [-0.1, -0.05) is 23.2 Å². The van der Waals surface area contributed by atoms with E-state index in [0.29, 0.717) is 57.9 Å². The molecule has 20 nitrogen and oxygen atoms in total. The first-order chi connectivity index (χ1) is 38.3. The van der Waals surface area contributed by atoms with E-state index in [4.69, 9.17) is 46.1 Å². The van der Waals surface area contributed by atoms with Crippen molar-refractivity contribution in [3.8, 4) is 0 Å². The molecule has 0 radical (unpaired) electrons. The average Bonchev–Trinajstić information content (AvgIpc) is 3.78. The molecule has 438 valence electrons. The number of fused-ring (bicyclic) bond motifs is 4. The molecule has 1 aliphatic carbocycles. The Morgan fingerprint density at radius 1 is 0.475 bits per heavy atom. The lowest BCUT2D eigenvalue weighted by Crippen LogP contribution is -2.50. The molecule has 8 N–H and O–H groups in total. The third-order valence-electron chi connectivity index (χ3n) is 17.4. The number of nitrogens with two attached hydrogens (primary N) is 4. The molecular weight excluding hydrogens is 1080 g/mol. The molecule has 2 bridgehead atoms. The second kappa shape index (κ2) is 27.4. The first kappa shape index (κ1) is 60.5. The highest BCUT2D eigenvalue weighted by Crippen LogP contribution is 2.39. The third kappa shape index (κ3) is 15.1. The van der Waals surface area contributed by atoms with Crippen molar-refractivity contribution in [2.75, 3.05) is 161 Å². The molecule has 8 fully saturated rings. The number of aromatic nitrogens is 4. The Kier molecular flexibility index (Phi) is 20.7. The molecule has 8 aliphatic rings. The summed E-state index contributed by atoms with van der Waals surface area (Å²) >= 11 is 12.5. The molecule has 11 heterocycles. The number of amides is 2. The van der Waals surface area contributed by atoms with Gasteiger partial charge < -0.3 is 62.1 Å². The standard InChI is InChI=1S/C19H27ClN4O.C16H24ClN5O.C11H18N4.C11H17N3O2S/c20-16-11-22-12-17(21)18(16)23-8-6-14(7-9-23)19(25)24-10-5-13-1-3-15(24)4-2-13;1-20-6-8-22(9-7-20)16(23)12-2-4-21(5-3-12)15-13(17)10-19-11-14(15)18;1-9-7-13-8-10(12)11(9)15-5-3-14(2)4-6-15;1-8-5-13-6-10(12)11(8)14-4-3-9(7-14)17(2,15)16/h11-15H,1-10,21H2;10-12H,2-9,18H2,1H3;7-8H,3-6,12H2,1-2H3;5-6,9H,3-4,7,12H2,1-2H3. The van der Waals surface area contributed by atoms with E-state index in [2.05, 4.69) is 70.4 Å². The number of rotatable bonds is 7. The van der Waals surface area contributed by atoms with Crippen molar-refractivity contribution >= 4 is 90.4 Å². The van der Waals surface area contributed by atoms with E-state index >= 15 is 0 Å². The van der Waals surface area contributed by atoms with Gasteiger partial charge >= 0.3 is 0 Å². The molecule has 1 atom stereocenters. The minimum atomic E-state index is -2.97. The van der Waals surface area contributed by atoms with Crippen molar-refractivity contribution in [3.05, 3.63) is 70.7 Å². The second-order valence-corrected chi connectivity index (χ2v) is 26.2. The molecule has 80 heavy (non-hydrogen) atoms. The number of hydrogen-bond donors (Lipinski definition) is 4. The molecule has 23 heteroatoms. The molecule has 4 aromatic heterocycles. The van der Waals surface area contributed by atoms with Crippen molar-refractivity contribution in [1.29, 1.82) is 0 Å². The minimum Gasteiger partial charge on any atom is -0.396 e. The molecular formula is C57H86Cl2N16O4S. The first-order valence-corrected chi connectivity index (χ1v) is 31.3. The number of nitrogen functional groups attached to an aromatic ring is 4. The van der Waals surface area contributed by atoms with Crippen LogP contribution in [0.1, 0.15) is 75.3 Å². The van der Waals surface area contributed by atoms with Crippen LogP contribution in [0.25, 0.3) is 0 Å². The van der Waals surface area contributed by atoms with Crippen LogP contribution in [-0.2, 0) is 19.4 Å². The Morgan fingerprint density at radius 2 is 0.875 bits per heavy atom. The van der Waals surface area contributed by atoms with Gasteiger partial charge in [0, 0.05) is 147 Å². The van der Waals surface area contributed by atoms with Gasteiger partial charge in [0.15, 0.2) is 9.84 Å². The highest BCUT2D eigenvalue weighted by Gasteiger charge is 2.38. The third-order valence-corrected chi connectivity index (χ3v) is 19.5. The lowest BCUT2D eigenvalue weighted by molar-refractivity contribution is -0.139. The SMILES string of the molecule is CN1CCN(C(=O)C2CCN(c3c(N)cncc3Cl)CC2)CC1.Cc1cncc(N)c1N1CCC(S(C)(=O)=O)C1.Cc1cncc(N)c1N1CCN(C)CC1.Nc1cncc(Cl)c1N1CCC(C(=O)N2CCC3CCC2CC3)CC1. The van der Waals surface area contributed by atoms with Crippen LogP contribution in [0.3, 0.4) is 0 Å². The summed E-state index contributed by atoms with van der Waals surface area (Å²) in [5, 5.41) is 0.887. The average molecular weight is 1160 g/mol. The Morgan fingerprint density at radius 3 is 1.31 bits per heavy atom. The maximum absolute atomic E-state index is 13.1. The first-order valence-electron chi connectivity index (χ1n) is 28.6. The number of carbonyl (C=O) groups excluding carboxylic acids is 2. The number of likely N-dealkylation sites (N-methyl/N-ethyl adjacent to an activating group) is 2. The quantitative estimate of drug-likeness (QED) is 0.167. The summed E-state index contributed by atoms with van der Waals surface area (Å²) in [6.07, 6.45) is 25.2. The molecule has 12 rings (SSSR count). The fraction of sp³-hybridized carbons (Fsp3) is 0.614.